The van der Waals surface area contributed by atoms with Gasteiger partial charge in [-0.25, -0.2) is 0 Å². The van der Waals surface area contributed by atoms with Crippen molar-refractivity contribution in [1.29, 1.82) is 0 Å². The van der Waals surface area contributed by atoms with Crippen LogP contribution in [0.1, 0.15) is 25.7 Å². The van der Waals surface area contributed by atoms with E-state index in [0.717, 1.165) is 6.42 Å². The Morgan fingerprint density at radius 1 is 1.13 bits per heavy atom. The van der Waals surface area contributed by atoms with E-state index < -0.39 is 17.4 Å². The zero-order valence-electron chi connectivity index (χ0n) is 12.7. The van der Waals surface area contributed by atoms with Crippen LogP contribution < -0.4 is 15.4 Å². The van der Waals surface area contributed by atoms with Crippen molar-refractivity contribution >= 4 is 17.8 Å². The van der Waals surface area contributed by atoms with Crippen LogP contribution in [0.15, 0.2) is 30.3 Å². The Kier molecular flexibility index (Phi) is 5.56. The van der Waals surface area contributed by atoms with Gasteiger partial charge in [-0.05, 0) is 31.4 Å². The van der Waals surface area contributed by atoms with E-state index in [1.165, 1.54) is 0 Å². The second kappa shape index (κ2) is 7.62. The molecule has 0 unspecified atom stereocenters. The number of ether oxygens (including phenoxy) is 1. The normalized spacial score (nSPS) is 15.1. The number of benzene rings is 1. The van der Waals surface area contributed by atoms with E-state index in [-0.39, 0.29) is 25.5 Å². The Balaban J connectivity index is 1.69. The molecule has 1 fully saturated rings. The molecule has 1 aromatic carbocycles. The summed E-state index contributed by atoms with van der Waals surface area (Å²) in [5, 5.41) is 14.1. The molecule has 2 rings (SSSR count). The highest BCUT2D eigenvalue weighted by atomic mass is 16.5. The molecule has 3 N–H and O–H groups in total. The van der Waals surface area contributed by atoms with Crippen LogP contribution in [-0.4, -0.2) is 41.6 Å². The van der Waals surface area contributed by atoms with E-state index in [1.807, 2.05) is 6.07 Å². The zero-order valence-corrected chi connectivity index (χ0v) is 12.7. The molecule has 0 saturated heterocycles. The highest BCUT2D eigenvalue weighted by Gasteiger charge is 2.40. The number of hydrogen-bond acceptors (Lipinski definition) is 4. The van der Waals surface area contributed by atoms with Gasteiger partial charge in [-0.3, -0.25) is 14.4 Å². The number of hydrogen-bond donors (Lipinski definition) is 3. The summed E-state index contributed by atoms with van der Waals surface area (Å²) in [5.74, 6) is -1.17. The highest BCUT2D eigenvalue weighted by molar-refractivity contribution is 5.86. The van der Waals surface area contributed by atoms with Gasteiger partial charge in [-0.15, -0.1) is 0 Å². The average Bonchev–Trinajstić information content (AvgIpc) is 2.49. The van der Waals surface area contributed by atoms with Crippen molar-refractivity contribution in [2.24, 2.45) is 0 Å². The highest BCUT2D eigenvalue weighted by Crippen LogP contribution is 2.34. The topological polar surface area (TPSA) is 105 Å². The largest absolute Gasteiger partial charge is 0.484 e. The molecule has 0 atom stereocenters. The molecule has 0 bridgehead atoms. The Morgan fingerprint density at radius 2 is 1.83 bits per heavy atom. The fourth-order valence-electron chi connectivity index (χ4n) is 2.47. The van der Waals surface area contributed by atoms with E-state index in [2.05, 4.69) is 10.6 Å². The second-order valence-corrected chi connectivity index (χ2v) is 5.63. The minimum absolute atomic E-state index is 0.0934. The number of carboxylic acid groups (broad SMARTS) is 1. The first-order valence-corrected chi connectivity index (χ1v) is 7.46. The van der Waals surface area contributed by atoms with Crippen molar-refractivity contribution in [2.75, 3.05) is 13.2 Å². The van der Waals surface area contributed by atoms with Crippen LogP contribution in [0.5, 0.6) is 5.75 Å². The molecule has 0 aromatic heterocycles. The van der Waals surface area contributed by atoms with Crippen molar-refractivity contribution in [3.05, 3.63) is 30.3 Å². The van der Waals surface area contributed by atoms with Gasteiger partial charge in [0, 0.05) is 0 Å². The third kappa shape index (κ3) is 5.28. The van der Waals surface area contributed by atoms with Crippen LogP contribution in [0.4, 0.5) is 0 Å². The number of amides is 2. The molecule has 124 valence electrons. The lowest BCUT2D eigenvalue weighted by molar-refractivity contribution is -0.140. The van der Waals surface area contributed by atoms with Gasteiger partial charge >= 0.3 is 5.97 Å². The monoisotopic (exact) mass is 320 g/mol. The Hall–Kier alpha value is -2.57. The van der Waals surface area contributed by atoms with E-state index >= 15 is 0 Å². The lowest BCUT2D eigenvalue weighted by Crippen LogP contribution is -2.56. The fourth-order valence-corrected chi connectivity index (χ4v) is 2.47. The number of carboxylic acids is 1. The summed E-state index contributed by atoms with van der Waals surface area (Å²) < 4.78 is 5.26. The summed E-state index contributed by atoms with van der Waals surface area (Å²) in [6.45, 7) is -0.379. The first-order valence-electron chi connectivity index (χ1n) is 7.46. The van der Waals surface area contributed by atoms with Crippen molar-refractivity contribution in [3.8, 4) is 5.75 Å². The van der Waals surface area contributed by atoms with Gasteiger partial charge in [0.2, 0.25) is 5.91 Å². The molecule has 1 saturated carbocycles. The quantitative estimate of drug-likeness (QED) is 0.654. The van der Waals surface area contributed by atoms with Crippen LogP contribution in [0.3, 0.4) is 0 Å². The smallest absolute Gasteiger partial charge is 0.305 e. The summed E-state index contributed by atoms with van der Waals surface area (Å²) in [6.07, 6.45) is 2.10. The number of rotatable bonds is 8. The van der Waals surface area contributed by atoms with Crippen molar-refractivity contribution in [3.63, 3.8) is 0 Å². The SMILES string of the molecule is O=C(O)CC1(NC(=O)CNC(=O)COc2ccccc2)CCC1. The van der Waals surface area contributed by atoms with Crippen molar-refractivity contribution < 1.29 is 24.2 Å². The standard InChI is InChI=1S/C16H20N2O5/c19-13(18-16(7-4-8-16)9-15(21)22)10-17-14(20)11-23-12-5-2-1-3-6-12/h1-3,5-6H,4,7-11H2,(H,17,20)(H,18,19)(H,21,22). The molecular weight excluding hydrogens is 300 g/mol. The lowest BCUT2D eigenvalue weighted by atomic mass is 9.74. The maximum absolute atomic E-state index is 11.9. The van der Waals surface area contributed by atoms with Crippen LogP contribution in [-0.2, 0) is 14.4 Å². The number of carbonyl (C=O) groups excluding carboxylic acids is 2. The number of para-hydroxylation sites is 1. The zero-order chi connectivity index (χ0) is 16.7. The Bertz CT molecular complexity index is 569. The predicted octanol–water partition coefficient (Wildman–Crippen LogP) is 0.695. The summed E-state index contributed by atoms with van der Waals surface area (Å²) >= 11 is 0. The Morgan fingerprint density at radius 3 is 2.39 bits per heavy atom. The molecule has 1 aliphatic rings. The first-order chi connectivity index (χ1) is 11.0. The molecule has 7 nitrogen and oxygen atoms in total. The minimum atomic E-state index is -0.940. The van der Waals surface area contributed by atoms with E-state index in [0.29, 0.717) is 18.6 Å². The van der Waals surface area contributed by atoms with Gasteiger partial charge in [0.1, 0.15) is 5.75 Å². The third-order valence-corrected chi connectivity index (χ3v) is 3.76. The summed E-state index contributed by atoms with van der Waals surface area (Å²) in [4.78, 5) is 34.3. The predicted molar refractivity (Wildman–Crippen MR) is 81.9 cm³/mol. The molecule has 1 aromatic rings. The van der Waals surface area contributed by atoms with Gasteiger partial charge in [-0.1, -0.05) is 18.2 Å². The van der Waals surface area contributed by atoms with E-state index in [9.17, 15) is 14.4 Å². The fraction of sp³-hybridized carbons (Fsp3) is 0.438. The van der Waals surface area contributed by atoms with E-state index in [4.69, 9.17) is 9.84 Å². The van der Waals surface area contributed by atoms with Crippen LogP contribution in [0.2, 0.25) is 0 Å². The molecule has 23 heavy (non-hydrogen) atoms. The maximum atomic E-state index is 11.9. The molecule has 0 spiro atoms. The van der Waals surface area contributed by atoms with Crippen LogP contribution in [0.25, 0.3) is 0 Å². The van der Waals surface area contributed by atoms with Crippen LogP contribution in [0, 0.1) is 0 Å². The number of nitrogens with one attached hydrogen (secondary N) is 2. The minimum Gasteiger partial charge on any atom is -0.484 e. The maximum Gasteiger partial charge on any atom is 0.305 e. The summed E-state index contributed by atoms with van der Waals surface area (Å²) in [6, 6.07) is 8.88. The molecule has 0 radical (unpaired) electrons. The van der Waals surface area contributed by atoms with Gasteiger partial charge in [0.15, 0.2) is 6.61 Å². The molecule has 7 heteroatoms. The Labute approximate surface area is 134 Å². The van der Waals surface area contributed by atoms with Gasteiger partial charge in [0.25, 0.3) is 5.91 Å². The molecule has 0 aliphatic heterocycles. The van der Waals surface area contributed by atoms with Gasteiger partial charge in [0.05, 0.1) is 18.5 Å². The molecule has 0 heterocycles. The lowest BCUT2D eigenvalue weighted by Gasteiger charge is -2.41. The molecule has 2 amide bonds. The van der Waals surface area contributed by atoms with Gasteiger partial charge in [-0.2, -0.15) is 0 Å². The number of aliphatic carboxylic acids is 1. The third-order valence-electron chi connectivity index (χ3n) is 3.76. The second-order valence-electron chi connectivity index (χ2n) is 5.63. The average molecular weight is 320 g/mol. The summed E-state index contributed by atoms with van der Waals surface area (Å²) in [7, 11) is 0. The van der Waals surface area contributed by atoms with E-state index in [1.54, 1.807) is 24.3 Å². The summed E-state index contributed by atoms with van der Waals surface area (Å²) in [5.41, 5.74) is -0.659. The van der Waals surface area contributed by atoms with Crippen LogP contribution >= 0.6 is 0 Å². The number of carbonyl (C=O) groups is 3. The van der Waals surface area contributed by atoms with Crippen molar-refractivity contribution in [2.45, 2.75) is 31.2 Å². The molecular formula is C16H20N2O5. The van der Waals surface area contributed by atoms with Gasteiger partial charge < -0.3 is 20.5 Å². The first kappa shape index (κ1) is 16.8. The van der Waals surface area contributed by atoms with Crippen molar-refractivity contribution in [1.82, 2.24) is 10.6 Å². The molecule has 1 aliphatic carbocycles.